The molecular formula is C23H31Cl2N3O. The van der Waals surface area contributed by atoms with Crippen LogP contribution in [0.1, 0.15) is 29.7 Å². The average Bonchev–Trinajstić information content (AvgIpc) is 3.14. The number of nitrogens with zero attached hydrogens (tertiary/aromatic N) is 2. The van der Waals surface area contributed by atoms with E-state index in [0.717, 1.165) is 39.0 Å². The van der Waals surface area contributed by atoms with Gasteiger partial charge in [-0.2, -0.15) is 0 Å². The molecule has 2 aliphatic rings. The second-order valence-corrected chi connectivity index (χ2v) is 7.89. The third-order valence-corrected chi connectivity index (χ3v) is 6.39. The summed E-state index contributed by atoms with van der Waals surface area (Å²) < 4.78 is 0. The molecule has 29 heavy (non-hydrogen) atoms. The molecule has 1 aliphatic heterocycles. The molecule has 0 unspecified atom stereocenters. The molecule has 1 fully saturated rings. The van der Waals surface area contributed by atoms with Gasteiger partial charge in [0.2, 0.25) is 5.91 Å². The van der Waals surface area contributed by atoms with Crippen LogP contribution in [0.4, 0.5) is 0 Å². The summed E-state index contributed by atoms with van der Waals surface area (Å²) in [6.45, 7) is 5.87. The van der Waals surface area contributed by atoms with Crippen LogP contribution in [0.25, 0.3) is 0 Å². The summed E-state index contributed by atoms with van der Waals surface area (Å²) in [6, 6.07) is 18.9. The Balaban J connectivity index is 0.00000150. The van der Waals surface area contributed by atoms with Crippen LogP contribution < -0.4 is 5.32 Å². The highest BCUT2D eigenvalue weighted by Gasteiger charge is 2.50. The van der Waals surface area contributed by atoms with Crippen molar-refractivity contribution >= 4 is 30.7 Å². The van der Waals surface area contributed by atoms with E-state index in [1.807, 2.05) is 30.1 Å². The minimum absolute atomic E-state index is 0. The number of amides is 1. The summed E-state index contributed by atoms with van der Waals surface area (Å²) in [4.78, 5) is 18.3. The number of hydrogen-bond acceptors (Lipinski definition) is 3. The number of fused-ring (bicyclic) bond motifs is 1. The van der Waals surface area contributed by atoms with E-state index in [1.165, 1.54) is 16.7 Å². The maximum atomic E-state index is 13.9. The summed E-state index contributed by atoms with van der Waals surface area (Å²) in [5.74, 6) is 0.247. The van der Waals surface area contributed by atoms with Crippen molar-refractivity contribution in [1.29, 1.82) is 0 Å². The predicted molar refractivity (Wildman–Crippen MR) is 123 cm³/mol. The molecule has 0 saturated carbocycles. The van der Waals surface area contributed by atoms with Gasteiger partial charge in [-0.1, -0.05) is 54.6 Å². The van der Waals surface area contributed by atoms with Gasteiger partial charge in [-0.3, -0.25) is 9.69 Å². The number of likely N-dealkylation sites (N-methyl/N-ethyl adjacent to an activating group) is 1. The lowest BCUT2D eigenvalue weighted by Gasteiger charge is -2.45. The van der Waals surface area contributed by atoms with Crippen LogP contribution in [-0.4, -0.2) is 54.5 Å². The van der Waals surface area contributed by atoms with Crippen molar-refractivity contribution in [2.75, 3.05) is 33.2 Å². The Morgan fingerprint density at radius 2 is 1.48 bits per heavy atom. The maximum absolute atomic E-state index is 13.9. The minimum Gasteiger partial charge on any atom is -0.337 e. The first kappa shape index (κ1) is 23.7. The standard InChI is InChI=1S/C23H29N3O.2ClH/c1-18(19-8-4-3-5-9-19)25(2)22(27)23(26-14-12-24-13-15-26)16-20-10-6-7-11-21(20)17-23;;/h3-11,18,24H,12-17H2,1-2H3;2*1H/t18-;;/m1../s1. The molecule has 1 N–H and O–H groups in total. The van der Waals surface area contributed by atoms with E-state index in [2.05, 4.69) is 53.5 Å². The molecule has 2 aromatic rings. The Morgan fingerprint density at radius 3 is 2.03 bits per heavy atom. The van der Waals surface area contributed by atoms with Crippen LogP contribution in [0.15, 0.2) is 54.6 Å². The van der Waals surface area contributed by atoms with Crippen LogP contribution in [0.2, 0.25) is 0 Å². The number of carbonyl (C=O) groups excluding carboxylic acids is 1. The average molecular weight is 436 g/mol. The number of nitrogens with one attached hydrogen (secondary N) is 1. The lowest BCUT2D eigenvalue weighted by atomic mass is 9.89. The first-order valence-electron chi connectivity index (χ1n) is 9.96. The number of halogens is 2. The molecule has 1 aliphatic carbocycles. The second kappa shape index (κ2) is 9.94. The molecule has 158 valence electrons. The fourth-order valence-electron chi connectivity index (χ4n) is 4.66. The van der Waals surface area contributed by atoms with Crippen molar-refractivity contribution < 1.29 is 4.79 Å². The number of hydrogen-bond donors (Lipinski definition) is 1. The van der Waals surface area contributed by atoms with Gasteiger partial charge in [0, 0.05) is 46.1 Å². The highest BCUT2D eigenvalue weighted by molar-refractivity contribution is 5.88. The van der Waals surface area contributed by atoms with Crippen molar-refractivity contribution in [3.8, 4) is 0 Å². The molecule has 1 atom stereocenters. The second-order valence-electron chi connectivity index (χ2n) is 7.89. The highest BCUT2D eigenvalue weighted by Crippen LogP contribution is 2.37. The molecule has 4 rings (SSSR count). The zero-order valence-electron chi connectivity index (χ0n) is 17.1. The van der Waals surface area contributed by atoms with Gasteiger partial charge in [0.1, 0.15) is 5.54 Å². The van der Waals surface area contributed by atoms with Gasteiger partial charge in [-0.25, -0.2) is 0 Å². The quantitative estimate of drug-likeness (QED) is 0.797. The SMILES string of the molecule is C[C@H](c1ccccc1)N(C)C(=O)C1(N2CCNCC2)Cc2ccccc2C1.Cl.Cl. The number of carbonyl (C=O) groups is 1. The van der Waals surface area contributed by atoms with E-state index in [4.69, 9.17) is 0 Å². The molecule has 0 aromatic heterocycles. The summed E-state index contributed by atoms with van der Waals surface area (Å²) in [5, 5.41) is 3.43. The van der Waals surface area contributed by atoms with Crippen molar-refractivity contribution in [3.05, 3.63) is 71.3 Å². The third-order valence-electron chi connectivity index (χ3n) is 6.39. The van der Waals surface area contributed by atoms with Crippen molar-refractivity contribution in [2.24, 2.45) is 0 Å². The molecular weight excluding hydrogens is 405 g/mol. The summed E-state index contributed by atoms with van der Waals surface area (Å²) in [7, 11) is 1.97. The van der Waals surface area contributed by atoms with Gasteiger partial charge in [-0.05, 0) is 23.6 Å². The van der Waals surface area contributed by atoms with Crippen molar-refractivity contribution in [3.63, 3.8) is 0 Å². The molecule has 4 nitrogen and oxygen atoms in total. The number of piperazine rings is 1. The molecule has 2 aromatic carbocycles. The van der Waals surface area contributed by atoms with E-state index >= 15 is 0 Å². The van der Waals surface area contributed by atoms with E-state index < -0.39 is 5.54 Å². The van der Waals surface area contributed by atoms with Crippen molar-refractivity contribution in [1.82, 2.24) is 15.1 Å². The van der Waals surface area contributed by atoms with Gasteiger partial charge in [-0.15, -0.1) is 24.8 Å². The van der Waals surface area contributed by atoms with E-state index in [-0.39, 0.29) is 36.8 Å². The minimum atomic E-state index is -0.455. The number of benzene rings is 2. The third kappa shape index (κ3) is 4.46. The van der Waals surface area contributed by atoms with Crippen molar-refractivity contribution in [2.45, 2.75) is 31.3 Å². The van der Waals surface area contributed by atoms with E-state index in [1.54, 1.807) is 0 Å². The first-order chi connectivity index (χ1) is 13.1. The molecule has 0 bridgehead atoms. The van der Waals surface area contributed by atoms with Gasteiger partial charge in [0.25, 0.3) is 0 Å². The van der Waals surface area contributed by atoms with Crippen LogP contribution in [-0.2, 0) is 17.6 Å². The summed E-state index contributed by atoms with van der Waals surface area (Å²) >= 11 is 0. The maximum Gasteiger partial charge on any atom is 0.244 e. The molecule has 0 radical (unpaired) electrons. The Morgan fingerprint density at radius 1 is 0.966 bits per heavy atom. The van der Waals surface area contributed by atoms with E-state index in [0.29, 0.717) is 0 Å². The molecule has 1 heterocycles. The zero-order valence-corrected chi connectivity index (χ0v) is 18.8. The molecule has 1 saturated heterocycles. The topological polar surface area (TPSA) is 35.6 Å². The Labute approximate surface area is 186 Å². The van der Waals surface area contributed by atoms with Crippen LogP contribution in [0.5, 0.6) is 0 Å². The smallest absolute Gasteiger partial charge is 0.244 e. The predicted octanol–water partition coefficient (Wildman–Crippen LogP) is 3.49. The summed E-state index contributed by atoms with van der Waals surface area (Å²) in [5.41, 5.74) is 3.37. The van der Waals surface area contributed by atoms with Crippen LogP contribution in [0.3, 0.4) is 0 Å². The normalized spacial score (nSPS) is 18.7. The highest BCUT2D eigenvalue weighted by atomic mass is 35.5. The monoisotopic (exact) mass is 435 g/mol. The largest absolute Gasteiger partial charge is 0.337 e. The first-order valence-corrected chi connectivity index (χ1v) is 9.96. The van der Waals surface area contributed by atoms with Crippen LogP contribution >= 0.6 is 24.8 Å². The lowest BCUT2D eigenvalue weighted by molar-refractivity contribution is -0.145. The van der Waals surface area contributed by atoms with Crippen LogP contribution in [0, 0.1) is 0 Å². The van der Waals surface area contributed by atoms with Gasteiger partial charge < -0.3 is 10.2 Å². The summed E-state index contributed by atoms with van der Waals surface area (Å²) in [6.07, 6.45) is 1.63. The zero-order chi connectivity index (χ0) is 18.9. The van der Waals surface area contributed by atoms with E-state index in [9.17, 15) is 4.79 Å². The van der Waals surface area contributed by atoms with Gasteiger partial charge in [0.15, 0.2) is 0 Å². The molecule has 0 spiro atoms. The molecule has 6 heteroatoms. The van der Waals surface area contributed by atoms with Gasteiger partial charge >= 0.3 is 0 Å². The lowest BCUT2D eigenvalue weighted by Crippen LogP contribution is -2.64. The molecule has 1 amide bonds. The Bertz CT molecular complexity index is 784. The fourth-order valence-corrected chi connectivity index (χ4v) is 4.66. The Kier molecular flexibility index (Phi) is 8.12. The fraction of sp³-hybridized carbons (Fsp3) is 0.435. The number of rotatable bonds is 4. The Hall–Kier alpha value is -1.59. The van der Waals surface area contributed by atoms with Gasteiger partial charge in [0.05, 0.1) is 6.04 Å².